The summed E-state index contributed by atoms with van der Waals surface area (Å²) in [7, 11) is -2.80. The van der Waals surface area contributed by atoms with Crippen LogP contribution in [-0.4, -0.2) is 43.1 Å². The quantitative estimate of drug-likeness (QED) is 0.518. The van der Waals surface area contributed by atoms with Crippen LogP contribution in [0.1, 0.15) is 25.8 Å². The van der Waals surface area contributed by atoms with Crippen molar-refractivity contribution in [2.75, 3.05) is 20.3 Å². The first kappa shape index (κ1) is 23.3. The van der Waals surface area contributed by atoms with E-state index in [0.29, 0.717) is 0 Å². The van der Waals surface area contributed by atoms with E-state index in [2.05, 4.69) is 10.1 Å². The second-order valence-electron chi connectivity index (χ2n) is 6.95. The summed E-state index contributed by atoms with van der Waals surface area (Å²) in [5.74, 6) is -1.22. The summed E-state index contributed by atoms with van der Waals surface area (Å²) < 4.78 is 58.3. The Morgan fingerprint density at radius 2 is 1.93 bits per heavy atom. The van der Waals surface area contributed by atoms with Crippen LogP contribution in [0.15, 0.2) is 24.3 Å². The fraction of sp³-hybridized carbons (Fsp3) is 0.529. The Balaban J connectivity index is 2.06. The van der Waals surface area contributed by atoms with E-state index in [-0.39, 0.29) is 25.3 Å². The molecule has 12 heteroatoms. The molecule has 29 heavy (non-hydrogen) atoms. The molecule has 0 radical (unpaired) electrons. The SMILES string of the molecule is COC(=O)CCNC(=O)[C@@H]1O[P+](O)(Oc2ccc(C(F)(F)F)cc2)OCC1(C)C. The van der Waals surface area contributed by atoms with Gasteiger partial charge in [-0.1, -0.05) is 13.8 Å². The lowest BCUT2D eigenvalue weighted by Gasteiger charge is -2.36. The topological polar surface area (TPSA) is 103 Å². The summed E-state index contributed by atoms with van der Waals surface area (Å²) in [6, 6.07) is 3.59. The number of hydrogen-bond acceptors (Lipinski definition) is 7. The first-order chi connectivity index (χ1) is 13.4. The molecule has 1 saturated heterocycles. The van der Waals surface area contributed by atoms with E-state index in [1.54, 1.807) is 13.8 Å². The lowest BCUT2D eigenvalue weighted by atomic mass is 9.87. The Bertz CT molecular complexity index is 742. The van der Waals surface area contributed by atoms with Gasteiger partial charge in [-0.2, -0.15) is 18.1 Å². The minimum atomic E-state index is -4.51. The molecule has 0 saturated carbocycles. The maximum atomic E-state index is 12.6. The second-order valence-corrected chi connectivity index (χ2v) is 8.54. The van der Waals surface area contributed by atoms with Crippen molar-refractivity contribution in [2.24, 2.45) is 5.41 Å². The Morgan fingerprint density at radius 3 is 2.48 bits per heavy atom. The Kier molecular flexibility index (Phi) is 7.10. The number of hydrogen-bond donors (Lipinski definition) is 2. The molecule has 1 heterocycles. The summed E-state index contributed by atoms with van der Waals surface area (Å²) >= 11 is 0. The average Bonchev–Trinajstić information content (AvgIpc) is 2.63. The molecule has 1 aliphatic heterocycles. The van der Waals surface area contributed by atoms with Gasteiger partial charge in [0.1, 0.15) is 6.61 Å². The average molecular weight is 440 g/mol. The second kappa shape index (κ2) is 8.83. The van der Waals surface area contributed by atoms with Crippen LogP contribution in [0.4, 0.5) is 13.2 Å². The molecule has 162 valence electrons. The van der Waals surface area contributed by atoms with Gasteiger partial charge in [0.15, 0.2) is 11.9 Å². The molecule has 1 aromatic carbocycles. The van der Waals surface area contributed by atoms with Gasteiger partial charge < -0.3 is 10.1 Å². The highest BCUT2D eigenvalue weighted by atomic mass is 31.2. The molecule has 1 aliphatic rings. The van der Waals surface area contributed by atoms with Crippen molar-refractivity contribution in [3.63, 3.8) is 0 Å². The molecule has 0 spiro atoms. The molecule has 1 aromatic rings. The Morgan fingerprint density at radius 1 is 1.31 bits per heavy atom. The highest BCUT2D eigenvalue weighted by Crippen LogP contribution is 2.63. The van der Waals surface area contributed by atoms with Crippen molar-refractivity contribution in [1.29, 1.82) is 0 Å². The van der Waals surface area contributed by atoms with Crippen LogP contribution in [0.3, 0.4) is 0 Å². The number of amides is 1. The third-order valence-corrected chi connectivity index (χ3v) is 5.42. The zero-order chi connectivity index (χ0) is 21.9. The van der Waals surface area contributed by atoms with Crippen LogP contribution >= 0.6 is 8.17 Å². The van der Waals surface area contributed by atoms with Crippen LogP contribution < -0.4 is 9.84 Å². The van der Waals surface area contributed by atoms with E-state index < -0.39 is 43.3 Å². The van der Waals surface area contributed by atoms with Gasteiger partial charge in [-0.15, -0.1) is 9.05 Å². The minimum Gasteiger partial charge on any atom is -0.469 e. The molecule has 2 rings (SSSR count). The van der Waals surface area contributed by atoms with Crippen molar-refractivity contribution in [2.45, 2.75) is 32.5 Å². The summed E-state index contributed by atoms with van der Waals surface area (Å²) in [6.45, 7) is 3.23. The molecular weight excluding hydrogens is 418 g/mol. The van der Waals surface area contributed by atoms with Crippen molar-refractivity contribution in [3.05, 3.63) is 29.8 Å². The Labute approximate surface area is 165 Å². The van der Waals surface area contributed by atoms with Crippen molar-refractivity contribution in [1.82, 2.24) is 5.32 Å². The lowest BCUT2D eigenvalue weighted by molar-refractivity contribution is -0.143. The van der Waals surface area contributed by atoms with Gasteiger partial charge in [0.05, 0.1) is 19.1 Å². The van der Waals surface area contributed by atoms with E-state index in [9.17, 15) is 27.7 Å². The number of carbonyl (C=O) groups excluding carboxylic acids is 2. The first-order valence-corrected chi connectivity index (χ1v) is 10.0. The van der Waals surface area contributed by atoms with Gasteiger partial charge in [-0.3, -0.25) is 14.1 Å². The van der Waals surface area contributed by atoms with E-state index in [0.717, 1.165) is 24.3 Å². The molecule has 8 nitrogen and oxygen atoms in total. The van der Waals surface area contributed by atoms with E-state index in [1.165, 1.54) is 7.11 Å². The summed E-state index contributed by atoms with van der Waals surface area (Å²) in [5.41, 5.74) is -1.73. The van der Waals surface area contributed by atoms with Crippen LogP contribution in [0, 0.1) is 5.41 Å². The predicted molar refractivity (Wildman–Crippen MR) is 95.5 cm³/mol. The number of esters is 1. The highest BCUT2D eigenvalue weighted by molar-refractivity contribution is 7.56. The third-order valence-electron chi connectivity index (χ3n) is 4.04. The van der Waals surface area contributed by atoms with E-state index in [4.69, 9.17) is 13.6 Å². The standard InChI is InChI=1S/C17H21F3NO7P/c1-16(2)10-26-29(24,27-12-6-4-11(5-7-12)17(18,19)20)28-14(16)15(23)21-9-8-13(22)25-3/h4-7,14,24H,8-10H2,1-3H3/p+1/t14-,29?/m0/s1. The number of ether oxygens (including phenoxy) is 1. The summed E-state index contributed by atoms with van der Waals surface area (Å²) in [4.78, 5) is 34.1. The smallest absolute Gasteiger partial charge is 0.469 e. The van der Waals surface area contributed by atoms with Gasteiger partial charge in [-0.05, 0) is 24.3 Å². The molecule has 1 fully saturated rings. The lowest BCUT2D eigenvalue weighted by Crippen LogP contribution is -2.51. The molecule has 2 N–H and O–H groups in total. The number of nitrogens with one attached hydrogen (secondary N) is 1. The maximum Gasteiger partial charge on any atom is 0.619 e. The van der Waals surface area contributed by atoms with E-state index >= 15 is 0 Å². The first-order valence-electron chi connectivity index (χ1n) is 8.52. The number of alkyl halides is 3. The zero-order valence-corrected chi connectivity index (χ0v) is 16.9. The monoisotopic (exact) mass is 440 g/mol. The van der Waals surface area contributed by atoms with Crippen molar-refractivity contribution in [3.8, 4) is 5.75 Å². The molecule has 1 unspecified atom stereocenters. The molecule has 0 aromatic heterocycles. The number of methoxy groups -OCH3 is 1. The zero-order valence-electron chi connectivity index (χ0n) is 16.0. The highest BCUT2D eigenvalue weighted by Gasteiger charge is 2.60. The molecule has 0 bridgehead atoms. The van der Waals surface area contributed by atoms with Crippen molar-refractivity contribution < 1.29 is 46.0 Å². The number of rotatable bonds is 6. The van der Waals surface area contributed by atoms with Gasteiger partial charge in [0, 0.05) is 12.0 Å². The van der Waals surface area contributed by atoms with Crippen LogP contribution in [0.25, 0.3) is 0 Å². The van der Waals surface area contributed by atoms with Gasteiger partial charge in [0.25, 0.3) is 5.91 Å². The third kappa shape index (κ3) is 6.27. The number of carbonyl (C=O) groups is 2. The summed E-state index contributed by atoms with van der Waals surface area (Å²) in [5, 5.41) is 2.50. The van der Waals surface area contributed by atoms with E-state index in [1.807, 2.05) is 0 Å². The number of benzene rings is 1. The maximum absolute atomic E-state index is 12.6. The van der Waals surface area contributed by atoms with Crippen LogP contribution in [0.2, 0.25) is 0 Å². The minimum absolute atomic E-state index is 0.00105. The molecular formula is C17H22F3NO7P+. The fourth-order valence-corrected chi connectivity index (χ4v) is 4.09. The fourth-order valence-electron chi connectivity index (χ4n) is 2.40. The van der Waals surface area contributed by atoms with Gasteiger partial charge >= 0.3 is 20.3 Å². The predicted octanol–water partition coefficient (Wildman–Crippen LogP) is 2.88. The van der Waals surface area contributed by atoms with Gasteiger partial charge in [0.2, 0.25) is 0 Å². The van der Waals surface area contributed by atoms with Crippen molar-refractivity contribution >= 4 is 20.0 Å². The van der Waals surface area contributed by atoms with Crippen LogP contribution in [-0.2, 0) is 29.5 Å². The summed E-state index contributed by atoms with van der Waals surface area (Å²) in [6.07, 6.45) is -5.74. The Hall–Kier alpha value is -1.94. The molecule has 0 aliphatic carbocycles. The molecule has 2 atom stereocenters. The van der Waals surface area contributed by atoms with Gasteiger partial charge in [-0.25, -0.2) is 0 Å². The normalized spacial score (nSPS) is 23.9. The van der Waals surface area contributed by atoms with Crippen LogP contribution in [0.5, 0.6) is 5.75 Å². The molecule has 1 amide bonds. The number of halogens is 3. The largest absolute Gasteiger partial charge is 0.619 e.